The molecule has 2 atom stereocenters. The number of morpholine rings is 1. The highest BCUT2D eigenvalue weighted by Crippen LogP contribution is 2.29. The summed E-state index contributed by atoms with van der Waals surface area (Å²) in [5, 5.41) is 0. The number of nitrogens with zero attached hydrogens (tertiary/aromatic N) is 2. The first-order valence-electron chi connectivity index (χ1n) is 8.82. The lowest BCUT2D eigenvalue weighted by Gasteiger charge is -2.39. The third-order valence-corrected chi connectivity index (χ3v) is 4.93. The Hall–Kier alpha value is -1.82. The average Bonchev–Trinajstić information content (AvgIpc) is 3.06. The zero-order valence-corrected chi connectivity index (χ0v) is 14.5. The molecular weight excluding hydrogens is 308 g/mol. The van der Waals surface area contributed by atoms with Gasteiger partial charge in [0.2, 0.25) is 11.8 Å². The minimum atomic E-state index is -0.169. The molecule has 2 saturated heterocycles. The van der Waals surface area contributed by atoms with Crippen LogP contribution in [0.25, 0.3) is 0 Å². The Balaban J connectivity index is 1.73. The second-order valence-electron chi connectivity index (χ2n) is 6.60. The lowest BCUT2D eigenvalue weighted by Crippen LogP contribution is -2.50. The molecule has 2 amide bonds. The number of hydrogen-bond donors (Lipinski definition) is 0. The van der Waals surface area contributed by atoms with E-state index in [1.54, 1.807) is 0 Å². The number of furan rings is 1. The van der Waals surface area contributed by atoms with Gasteiger partial charge in [-0.1, -0.05) is 6.92 Å². The van der Waals surface area contributed by atoms with Crippen molar-refractivity contribution in [2.24, 2.45) is 5.92 Å². The molecule has 0 N–H and O–H groups in total. The fourth-order valence-electron chi connectivity index (χ4n) is 3.60. The van der Waals surface area contributed by atoms with Crippen molar-refractivity contribution in [3.8, 4) is 0 Å². The fourth-order valence-corrected chi connectivity index (χ4v) is 3.60. The molecule has 132 valence electrons. The van der Waals surface area contributed by atoms with E-state index in [1.165, 1.54) is 0 Å². The van der Waals surface area contributed by atoms with E-state index < -0.39 is 0 Å². The van der Waals surface area contributed by atoms with E-state index in [1.807, 2.05) is 35.8 Å². The van der Waals surface area contributed by atoms with Gasteiger partial charge in [0.1, 0.15) is 17.6 Å². The molecule has 6 nitrogen and oxygen atoms in total. The average molecular weight is 334 g/mol. The Morgan fingerprint density at radius 3 is 2.83 bits per heavy atom. The minimum Gasteiger partial charge on any atom is -0.464 e. The number of carbonyl (C=O) groups excluding carboxylic acids is 2. The van der Waals surface area contributed by atoms with Gasteiger partial charge in [0.15, 0.2) is 0 Å². The normalized spacial score (nSPS) is 24.9. The van der Waals surface area contributed by atoms with Gasteiger partial charge < -0.3 is 19.0 Å². The van der Waals surface area contributed by atoms with E-state index in [2.05, 4.69) is 0 Å². The van der Waals surface area contributed by atoms with E-state index in [0.29, 0.717) is 32.7 Å². The van der Waals surface area contributed by atoms with Gasteiger partial charge in [-0.05, 0) is 31.9 Å². The van der Waals surface area contributed by atoms with Crippen LogP contribution in [0.15, 0.2) is 16.5 Å². The molecule has 1 aromatic heterocycles. The predicted octanol–water partition coefficient (Wildman–Crippen LogP) is 2.14. The number of hydrogen-bond acceptors (Lipinski definition) is 4. The largest absolute Gasteiger partial charge is 0.464 e. The Kier molecular flexibility index (Phi) is 5.23. The maximum absolute atomic E-state index is 13.1. The molecule has 2 fully saturated rings. The van der Waals surface area contributed by atoms with Crippen LogP contribution in [0.1, 0.15) is 43.7 Å². The molecule has 3 heterocycles. The van der Waals surface area contributed by atoms with Crippen LogP contribution in [-0.2, 0) is 14.3 Å². The quantitative estimate of drug-likeness (QED) is 0.849. The van der Waals surface area contributed by atoms with E-state index >= 15 is 0 Å². The van der Waals surface area contributed by atoms with Crippen molar-refractivity contribution in [1.29, 1.82) is 0 Å². The summed E-state index contributed by atoms with van der Waals surface area (Å²) in [4.78, 5) is 28.8. The Morgan fingerprint density at radius 2 is 2.12 bits per heavy atom. The molecule has 0 bridgehead atoms. The van der Waals surface area contributed by atoms with Gasteiger partial charge in [0, 0.05) is 26.1 Å². The van der Waals surface area contributed by atoms with Gasteiger partial charge in [-0.25, -0.2) is 0 Å². The van der Waals surface area contributed by atoms with Gasteiger partial charge >= 0.3 is 0 Å². The van der Waals surface area contributed by atoms with Crippen LogP contribution in [0.2, 0.25) is 0 Å². The zero-order chi connectivity index (χ0) is 17.1. The summed E-state index contributed by atoms with van der Waals surface area (Å²) in [7, 11) is 0. The minimum absolute atomic E-state index is 0.117. The summed E-state index contributed by atoms with van der Waals surface area (Å²) in [5.41, 5.74) is 0. The van der Waals surface area contributed by atoms with Crippen LogP contribution >= 0.6 is 0 Å². The van der Waals surface area contributed by atoms with E-state index in [0.717, 1.165) is 30.9 Å². The summed E-state index contributed by atoms with van der Waals surface area (Å²) in [6.45, 7) is 6.64. The maximum atomic E-state index is 13.1. The fraction of sp³-hybridized carbons (Fsp3) is 0.667. The molecule has 3 rings (SSSR count). The molecule has 2 unspecified atom stereocenters. The first-order valence-corrected chi connectivity index (χ1v) is 8.82. The predicted molar refractivity (Wildman–Crippen MR) is 88.3 cm³/mol. The summed E-state index contributed by atoms with van der Waals surface area (Å²) >= 11 is 0. The topological polar surface area (TPSA) is 63.0 Å². The maximum Gasteiger partial charge on any atom is 0.228 e. The van der Waals surface area contributed by atoms with Crippen LogP contribution in [-0.4, -0.2) is 54.5 Å². The van der Waals surface area contributed by atoms with Crippen molar-refractivity contribution >= 4 is 11.8 Å². The van der Waals surface area contributed by atoms with Crippen molar-refractivity contribution in [3.63, 3.8) is 0 Å². The van der Waals surface area contributed by atoms with Crippen LogP contribution < -0.4 is 0 Å². The van der Waals surface area contributed by atoms with Crippen LogP contribution in [0.5, 0.6) is 0 Å². The summed E-state index contributed by atoms with van der Waals surface area (Å²) in [5.74, 6) is 1.74. The Bertz CT molecular complexity index is 598. The molecule has 0 spiro atoms. The lowest BCUT2D eigenvalue weighted by molar-refractivity contribution is -0.148. The standard InChI is InChI=1S/C18H26N2O4/c1-3-17(21)19-8-4-5-14(11-19)18(22)20-9-10-23-12-15(20)16-7-6-13(2)24-16/h6-7,14-15H,3-5,8-12H2,1-2H3. The van der Waals surface area contributed by atoms with Crippen LogP contribution in [0, 0.1) is 12.8 Å². The molecule has 1 aromatic rings. The number of amides is 2. The number of piperidine rings is 1. The molecule has 6 heteroatoms. The van der Waals surface area contributed by atoms with E-state index in [4.69, 9.17) is 9.15 Å². The van der Waals surface area contributed by atoms with Crippen molar-refractivity contribution in [2.75, 3.05) is 32.8 Å². The number of rotatable bonds is 3. The van der Waals surface area contributed by atoms with Crippen molar-refractivity contribution in [2.45, 2.75) is 39.2 Å². The Labute approximate surface area is 142 Å². The number of aryl methyl sites for hydroxylation is 1. The highest BCUT2D eigenvalue weighted by Gasteiger charge is 2.36. The third-order valence-electron chi connectivity index (χ3n) is 4.93. The zero-order valence-electron chi connectivity index (χ0n) is 14.5. The monoisotopic (exact) mass is 334 g/mol. The molecule has 24 heavy (non-hydrogen) atoms. The first kappa shape index (κ1) is 17.0. The molecule has 0 radical (unpaired) electrons. The van der Waals surface area contributed by atoms with E-state index in [-0.39, 0.29) is 23.8 Å². The van der Waals surface area contributed by atoms with Gasteiger partial charge in [-0.3, -0.25) is 9.59 Å². The van der Waals surface area contributed by atoms with Crippen molar-refractivity contribution < 1.29 is 18.7 Å². The smallest absolute Gasteiger partial charge is 0.228 e. The van der Waals surface area contributed by atoms with Gasteiger partial charge in [-0.2, -0.15) is 0 Å². The Morgan fingerprint density at radius 1 is 1.29 bits per heavy atom. The summed E-state index contributed by atoms with van der Waals surface area (Å²) in [6.07, 6.45) is 2.22. The second kappa shape index (κ2) is 7.38. The van der Waals surface area contributed by atoms with E-state index in [9.17, 15) is 9.59 Å². The number of ether oxygens (including phenoxy) is 1. The lowest BCUT2D eigenvalue weighted by atomic mass is 9.95. The van der Waals surface area contributed by atoms with Gasteiger partial charge in [0.25, 0.3) is 0 Å². The number of carbonyl (C=O) groups is 2. The van der Waals surface area contributed by atoms with Gasteiger partial charge in [0.05, 0.1) is 19.1 Å². The van der Waals surface area contributed by atoms with Crippen molar-refractivity contribution in [1.82, 2.24) is 9.80 Å². The summed E-state index contributed by atoms with van der Waals surface area (Å²) < 4.78 is 11.3. The van der Waals surface area contributed by atoms with Crippen molar-refractivity contribution in [3.05, 3.63) is 23.7 Å². The van der Waals surface area contributed by atoms with Crippen LogP contribution in [0.3, 0.4) is 0 Å². The molecule has 2 aliphatic heterocycles. The molecule has 0 aromatic carbocycles. The SMILES string of the molecule is CCC(=O)N1CCCC(C(=O)N2CCOCC2c2ccc(C)o2)C1. The number of likely N-dealkylation sites (tertiary alicyclic amines) is 1. The third kappa shape index (κ3) is 3.48. The van der Waals surface area contributed by atoms with Crippen LogP contribution in [0.4, 0.5) is 0 Å². The molecule has 2 aliphatic rings. The van der Waals surface area contributed by atoms with Gasteiger partial charge in [-0.15, -0.1) is 0 Å². The highest BCUT2D eigenvalue weighted by atomic mass is 16.5. The molecular formula is C18H26N2O4. The molecule has 0 aliphatic carbocycles. The second-order valence-corrected chi connectivity index (χ2v) is 6.60. The highest BCUT2D eigenvalue weighted by molar-refractivity contribution is 5.81. The molecule has 0 saturated carbocycles. The first-order chi connectivity index (χ1) is 11.6. The summed E-state index contributed by atoms with van der Waals surface area (Å²) in [6, 6.07) is 3.66.